The van der Waals surface area contributed by atoms with Gasteiger partial charge in [0.25, 0.3) is 0 Å². The molecule has 1 unspecified atom stereocenters. The summed E-state index contributed by atoms with van der Waals surface area (Å²) >= 11 is 1.54. The summed E-state index contributed by atoms with van der Waals surface area (Å²) < 4.78 is 1.62. The van der Waals surface area contributed by atoms with E-state index in [0.717, 1.165) is 4.88 Å². The second-order valence-corrected chi connectivity index (χ2v) is 3.63. The van der Waals surface area contributed by atoms with Gasteiger partial charge in [0, 0.05) is 4.88 Å². The van der Waals surface area contributed by atoms with Gasteiger partial charge in [0.15, 0.2) is 0 Å². The van der Waals surface area contributed by atoms with Gasteiger partial charge in [-0.1, -0.05) is 6.07 Å². The summed E-state index contributed by atoms with van der Waals surface area (Å²) in [5.41, 5.74) is 0. The number of nitrogens with zero attached hydrogens (tertiary/aromatic N) is 3. The van der Waals surface area contributed by atoms with Crippen LogP contribution in [-0.4, -0.2) is 19.9 Å². The lowest BCUT2D eigenvalue weighted by Gasteiger charge is -2.06. The van der Waals surface area contributed by atoms with Crippen LogP contribution in [-0.2, 0) is 6.54 Å². The summed E-state index contributed by atoms with van der Waals surface area (Å²) in [5, 5.41) is 15.6. The Morgan fingerprint density at radius 2 is 2.54 bits per heavy atom. The van der Waals surface area contributed by atoms with E-state index in [9.17, 15) is 5.11 Å². The van der Waals surface area contributed by atoms with Crippen LogP contribution in [0.5, 0.6) is 0 Å². The van der Waals surface area contributed by atoms with E-state index in [1.165, 1.54) is 6.33 Å². The average Bonchev–Trinajstić information content (AvgIpc) is 2.74. The number of aliphatic hydroxyl groups excluding tert-OH is 1. The van der Waals surface area contributed by atoms with E-state index in [2.05, 4.69) is 10.1 Å². The van der Waals surface area contributed by atoms with Crippen molar-refractivity contribution in [3.8, 4) is 0 Å². The molecule has 2 heterocycles. The van der Waals surface area contributed by atoms with Crippen molar-refractivity contribution >= 4 is 11.3 Å². The van der Waals surface area contributed by atoms with Gasteiger partial charge in [-0.25, -0.2) is 9.67 Å². The Balaban J connectivity index is 2.04. The maximum absolute atomic E-state index is 9.70. The normalized spacial score (nSPS) is 13.0. The zero-order valence-corrected chi connectivity index (χ0v) is 7.68. The molecule has 0 aliphatic heterocycles. The molecule has 0 aliphatic rings. The molecule has 0 radical (unpaired) electrons. The first-order valence-corrected chi connectivity index (χ1v) is 4.78. The van der Waals surface area contributed by atoms with Gasteiger partial charge in [-0.2, -0.15) is 5.10 Å². The minimum atomic E-state index is -0.485. The van der Waals surface area contributed by atoms with Gasteiger partial charge in [0.1, 0.15) is 18.8 Å². The van der Waals surface area contributed by atoms with Crippen LogP contribution in [0.25, 0.3) is 0 Å². The fourth-order valence-corrected chi connectivity index (χ4v) is 1.78. The number of rotatable bonds is 3. The predicted octanol–water partition coefficient (Wildman–Crippen LogP) is 1.07. The molecule has 5 heteroatoms. The quantitative estimate of drug-likeness (QED) is 0.797. The molecule has 0 fully saturated rings. The van der Waals surface area contributed by atoms with Crippen LogP contribution < -0.4 is 0 Å². The largest absolute Gasteiger partial charge is 0.386 e. The lowest BCUT2D eigenvalue weighted by atomic mass is 10.3. The molecule has 2 aromatic heterocycles. The molecule has 0 saturated heterocycles. The third-order valence-corrected chi connectivity index (χ3v) is 2.67. The molecule has 0 saturated carbocycles. The van der Waals surface area contributed by atoms with Gasteiger partial charge in [0.05, 0.1) is 6.54 Å². The lowest BCUT2D eigenvalue weighted by Crippen LogP contribution is -2.07. The molecule has 1 N–H and O–H groups in total. The molecule has 68 valence electrons. The number of hydrogen-bond acceptors (Lipinski definition) is 4. The Morgan fingerprint density at radius 1 is 1.62 bits per heavy atom. The molecular formula is C8H9N3OS. The van der Waals surface area contributed by atoms with Gasteiger partial charge in [-0.15, -0.1) is 11.3 Å². The van der Waals surface area contributed by atoms with Crippen LogP contribution in [0, 0.1) is 0 Å². The third kappa shape index (κ3) is 1.93. The van der Waals surface area contributed by atoms with Gasteiger partial charge >= 0.3 is 0 Å². The van der Waals surface area contributed by atoms with E-state index < -0.39 is 6.10 Å². The van der Waals surface area contributed by atoms with Crippen molar-refractivity contribution in [2.45, 2.75) is 12.6 Å². The van der Waals surface area contributed by atoms with Crippen LogP contribution in [0.15, 0.2) is 30.2 Å². The van der Waals surface area contributed by atoms with Crippen molar-refractivity contribution < 1.29 is 5.11 Å². The Kier molecular flexibility index (Phi) is 2.37. The third-order valence-electron chi connectivity index (χ3n) is 1.70. The average molecular weight is 195 g/mol. The predicted molar refractivity (Wildman–Crippen MR) is 49.3 cm³/mol. The van der Waals surface area contributed by atoms with Gasteiger partial charge in [-0.05, 0) is 11.4 Å². The molecule has 0 bridgehead atoms. The van der Waals surface area contributed by atoms with Gasteiger partial charge < -0.3 is 5.11 Å². The Hall–Kier alpha value is -1.20. The number of thiophene rings is 1. The van der Waals surface area contributed by atoms with E-state index >= 15 is 0 Å². The van der Waals surface area contributed by atoms with Crippen LogP contribution in [0.1, 0.15) is 11.0 Å². The Bertz CT molecular complexity index is 343. The van der Waals surface area contributed by atoms with E-state index in [1.807, 2.05) is 17.5 Å². The van der Waals surface area contributed by atoms with Crippen molar-refractivity contribution in [3.63, 3.8) is 0 Å². The molecule has 2 aromatic rings. The molecule has 1 atom stereocenters. The molecule has 0 aliphatic carbocycles. The smallest absolute Gasteiger partial charge is 0.137 e. The topological polar surface area (TPSA) is 50.9 Å². The van der Waals surface area contributed by atoms with Crippen molar-refractivity contribution in [2.24, 2.45) is 0 Å². The zero-order valence-electron chi connectivity index (χ0n) is 6.87. The minimum Gasteiger partial charge on any atom is -0.386 e. The first kappa shape index (κ1) is 8.40. The summed E-state index contributed by atoms with van der Waals surface area (Å²) in [6.07, 6.45) is 2.57. The molecule has 0 aromatic carbocycles. The van der Waals surface area contributed by atoms with Crippen molar-refractivity contribution in [1.82, 2.24) is 14.8 Å². The molecule has 13 heavy (non-hydrogen) atoms. The molecule has 2 rings (SSSR count). The highest BCUT2D eigenvalue weighted by molar-refractivity contribution is 7.10. The first-order chi connectivity index (χ1) is 6.36. The highest BCUT2D eigenvalue weighted by Crippen LogP contribution is 2.19. The van der Waals surface area contributed by atoms with E-state index in [-0.39, 0.29) is 0 Å². The monoisotopic (exact) mass is 195 g/mol. The van der Waals surface area contributed by atoms with Crippen LogP contribution in [0.2, 0.25) is 0 Å². The second-order valence-electron chi connectivity index (χ2n) is 2.65. The fraction of sp³-hybridized carbons (Fsp3) is 0.250. The van der Waals surface area contributed by atoms with Crippen LogP contribution >= 0.6 is 11.3 Å². The summed E-state index contributed by atoms with van der Waals surface area (Å²) in [6.45, 7) is 0.459. The van der Waals surface area contributed by atoms with Gasteiger partial charge in [0.2, 0.25) is 0 Å². The molecule has 0 spiro atoms. The minimum absolute atomic E-state index is 0.459. The molecule has 4 nitrogen and oxygen atoms in total. The first-order valence-electron chi connectivity index (χ1n) is 3.90. The highest BCUT2D eigenvalue weighted by atomic mass is 32.1. The number of hydrogen-bond donors (Lipinski definition) is 1. The maximum atomic E-state index is 9.70. The van der Waals surface area contributed by atoms with Crippen molar-refractivity contribution in [3.05, 3.63) is 35.0 Å². The second kappa shape index (κ2) is 3.68. The zero-order chi connectivity index (χ0) is 9.10. The van der Waals surface area contributed by atoms with Crippen LogP contribution in [0.3, 0.4) is 0 Å². The standard InChI is InChI=1S/C8H9N3OS/c12-7(8-2-1-3-13-8)4-11-6-9-5-10-11/h1-3,5-7,12H,4H2. The van der Waals surface area contributed by atoms with E-state index in [4.69, 9.17) is 0 Å². The van der Waals surface area contributed by atoms with Crippen molar-refractivity contribution in [1.29, 1.82) is 0 Å². The summed E-state index contributed by atoms with van der Waals surface area (Å²) in [6, 6.07) is 3.83. The highest BCUT2D eigenvalue weighted by Gasteiger charge is 2.08. The summed E-state index contributed by atoms with van der Waals surface area (Å²) in [5.74, 6) is 0. The maximum Gasteiger partial charge on any atom is 0.137 e. The Morgan fingerprint density at radius 3 is 3.15 bits per heavy atom. The number of aliphatic hydroxyl groups is 1. The lowest BCUT2D eigenvalue weighted by molar-refractivity contribution is 0.155. The SMILES string of the molecule is OC(Cn1cncn1)c1cccs1. The number of aromatic nitrogens is 3. The van der Waals surface area contributed by atoms with E-state index in [0.29, 0.717) is 6.54 Å². The van der Waals surface area contributed by atoms with Gasteiger partial charge in [-0.3, -0.25) is 0 Å². The van der Waals surface area contributed by atoms with E-state index in [1.54, 1.807) is 22.3 Å². The molecule has 0 amide bonds. The summed E-state index contributed by atoms with van der Waals surface area (Å²) in [4.78, 5) is 4.75. The Labute approximate surface area is 79.5 Å². The van der Waals surface area contributed by atoms with Crippen LogP contribution in [0.4, 0.5) is 0 Å². The summed E-state index contributed by atoms with van der Waals surface area (Å²) in [7, 11) is 0. The van der Waals surface area contributed by atoms with Crippen molar-refractivity contribution in [2.75, 3.05) is 0 Å². The fourth-order valence-electron chi connectivity index (χ4n) is 1.08. The molecular weight excluding hydrogens is 186 g/mol.